The van der Waals surface area contributed by atoms with Gasteiger partial charge < -0.3 is 15.4 Å². The fraction of sp³-hybridized carbons (Fsp3) is 0.500. The molecule has 1 unspecified atom stereocenters. The monoisotopic (exact) mass is 240 g/mol. The molecule has 1 aliphatic rings. The molecule has 0 spiro atoms. The Morgan fingerprint density at radius 2 is 2.38 bits per heavy atom. The highest BCUT2D eigenvalue weighted by Gasteiger charge is 2.18. The molecule has 0 aliphatic carbocycles. The van der Waals surface area contributed by atoms with Gasteiger partial charge in [-0.1, -0.05) is 17.7 Å². The van der Waals surface area contributed by atoms with Crippen molar-refractivity contribution in [1.82, 2.24) is 0 Å². The maximum Gasteiger partial charge on any atom is 0.0750 e. The molecule has 88 valence electrons. The van der Waals surface area contributed by atoms with E-state index < -0.39 is 0 Å². The van der Waals surface area contributed by atoms with Gasteiger partial charge in [0.1, 0.15) is 0 Å². The molecule has 0 amide bonds. The third-order valence-corrected chi connectivity index (χ3v) is 3.27. The minimum Gasteiger partial charge on any atom is -0.396 e. The molecule has 0 radical (unpaired) electrons. The van der Waals surface area contributed by atoms with E-state index in [1.165, 1.54) is 0 Å². The lowest BCUT2D eigenvalue weighted by Gasteiger charge is -2.24. The van der Waals surface area contributed by atoms with Gasteiger partial charge in [0.05, 0.1) is 22.5 Å². The molecular formula is C12H17ClN2O. The van der Waals surface area contributed by atoms with Crippen molar-refractivity contribution in [2.75, 3.05) is 30.8 Å². The van der Waals surface area contributed by atoms with Crippen LogP contribution in [0.25, 0.3) is 0 Å². The fourth-order valence-corrected chi connectivity index (χ4v) is 2.22. The molecule has 0 aromatic heterocycles. The molecule has 1 aromatic rings. The van der Waals surface area contributed by atoms with Crippen LogP contribution >= 0.6 is 11.6 Å². The van der Waals surface area contributed by atoms with Crippen LogP contribution in [-0.2, 0) is 4.74 Å². The molecule has 1 atom stereocenters. The van der Waals surface area contributed by atoms with Crippen LogP contribution in [-0.4, -0.2) is 26.3 Å². The molecule has 1 saturated heterocycles. The Morgan fingerprint density at radius 3 is 3.06 bits per heavy atom. The van der Waals surface area contributed by atoms with Crippen molar-refractivity contribution in [2.45, 2.75) is 18.9 Å². The van der Waals surface area contributed by atoms with Crippen LogP contribution in [0, 0.1) is 0 Å². The second kappa shape index (κ2) is 4.93. The summed E-state index contributed by atoms with van der Waals surface area (Å²) in [6.45, 7) is 1.74. The lowest BCUT2D eigenvalue weighted by molar-refractivity contribution is 0.116. The molecule has 0 saturated carbocycles. The highest BCUT2D eigenvalue weighted by molar-refractivity contribution is 6.33. The van der Waals surface area contributed by atoms with Crippen LogP contribution in [0.4, 0.5) is 11.4 Å². The lowest BCUT2D eigenvalue weighted by Crippen LogP contribution is -2.29. The Labute approximate surface area is 101 Å². The number of anilines is 2. The maximum atomic E-state index is 5.99. The number of ether oxygens (including phenoxy) is 1. The molecule has 4 heteroatoms. The minimum atomic E-state index is 0.323. The molecule has 1 heterocycles. The average molecular weight is 241 g/mol. The van der Waals surface area contributed by atoms with Crippen LogP contribution in [0.3, 0.4) is 0 Å². The second-order valence-corrected chi connectivity index (χ2v) is 4.60. The molecule has 2 rings (SSSR count). The topological polar surface area (TPSA) is 38.5 Å². The number of hydrogen-bond acceptors (Lipinski definition) is 3. The number of benzene rings is 1. The van der Waals surface area contributed by atoms with E-state index in [-0.39, 0.29) is 0 Å². The molecule has 1 aromatic carbocycles. The van der Waals surface area contributed by atoms with E-state index in [0.29, 0.717) is 16.8 Å². The van der Waals surface area contributed by atoms with E-state index in [0.717, 1.165) is 31.7 Å². The lowest BCUT2D eigenvalue weighted by atomic mass is 10.2. The van der Waals surface area contributed by atoms with Gasteiger partial charge in [0, 0.05) is 20.2 Å². The molecule has 1 fully saturated rings. The standard InChI is InChI=1S/C12H17ClN2O/c1-15(8-9-4-3-7-16-9)11-6-2-5-10(13)12(11)14/h2,5-6,9H,3-4,7-8,14H2,1H3. The Kier molecular flexibility index (Phi) is 3.56. The summed E-state index contributed by atoms with van der Waals surface area (Å²) in [5, 5.41) is 0.608. The average Bonchev–Trinajstić information content (AvgIpc) is 2.74. The number of likely N-dealkylation sites (N-methyl/N-ethyl adjacent to an activating group) is 1. The molecule has 2 N–H and O–H groups in total. The first-order valence-electron chi connectivity index (χ1n) is 5.55. The van der Waals surface area contributed by atoms with Crippen LogP contribution in [0.15, 0.2) is 18.2 Å². The first-order valence-corrected chi connectivity index (χ1v) is 5.93. The zero-order valence-corrected chi connectivity index (χ0v) is 10.2. The first kappa shape index (κ1) is 11.6. The Hall–Kier alpha value is -0.930. The summed E-state index contributed by atoms with van der Waals surface area (Å²) in [5.74, 6) is 0. The summed E-state index contributed by atoms with van der Waals surface area (Å²) >= 11 is 5.99. The summed E-state index contributed by atoms with van der Waals surface area (Å²) in [6.07, 6.45) is 2.61. The van der Waals surface area contributed by atoms with Gasteiger partial charge in [0.25, 0.3) is 0 Å². The SMILES string of the molecule is CN(CC1CCCO1)c1cccc(Cl)c1N. The van der Waals surface area contributed by atoms with E-state index >= 15 is 0 Å². The summed E-state index contributed by atoms with van der Waals surface area (Å²) in [6, 6.07) is 5.70. The van der Waals surface area contributed by atoms with E-state index in [9.17, 15) is 0 Å². The van der Waals surface area contributed by atoms with Crippen LogP contribution in [0.1, 0.15) is 12.8 Å². The number of halogens is 1. The third-order valence-electron chi connectivity index (χ3n) is 2.94. The van der Waals surface area contributed by atoms with Crippen molar-refractivity contribution < 1.29 is 4.74 Å². The van der Waals surface area contributed by atoms with Crippen molar-refractivity contribution in [3.05, 3.63) is 23.2 Å². The zero-order valence-electron chi connectivity index (χ0n) is 9.45. The number of rotatable bonds is 3. The van der Waals surface area contributed by atoms with E-state index in [1.807, 2.05) is 19.2 Å². The van der Waals surface area contributed by atoms with E-state index in [1.54, 1.807) is 6.07 Å². The van der Waals surface area contributed by atoms with Gasteiger partial charge in [-0.25, -0.2) is 0 Å². The van der Waals surface area contributed by atoms with Crippen molar-refractivity contribution in [3.8, 4) is 0 Å². The zero-order chi connectivity index (χ0) is 11.5. The third kappa shape index (κ3) is 2.42. The number of para-hydroxylation sites is 1. The number of nitrogen functional groups attached to an aromatic ring is 1. The van der Waals surface area contributed by atoms with E-state index in [4.69, 9.17) is 22.1 Å². The predicted molar refractivity (Wildman–Crippen MR) is 68.1 cm³/mol. The largest absolute Gasteiger partial charge is 0.396 e. The number of nitrogens with zero attached hydrogens (tertiary/aromatic N) is 1. The highest BCUT2D eigenvalue weighted by atomic mass is 35.5. The van der Waals surface area contributed by atoms with Crippen molar-refractivity contribution in [1.29, 1.82) is 0 Å². The van der Waals surface area contributed by atoms with Gasteiger partial charge in [-0.3, -0.25) is 0 Å². The minimum absolute atomic E-state index is 0.323. The Morgan fingerprint density at radius 1 is 1.56 bits per heavy atom. The van der Waals surface area contributed by atoms with Crippen molar-refractivity contribution in [2.24, 2.45) is 0 Å². The predicted octanol–water partition coefficient (Wildman–Crippen LogP) is 2.54. The van der Waals surface area contributed by atoms with E-state index in [2.05, 4.69) is 4.90 Å². The Bertz CT molecular complexity index is 364. The van der Waals surface area contributed by atoms with Crippen molar-refractivity contribution >= 4 is 23.0 Å². The first-order chi connectivity index (χ1) is 7.68. The van der Waals surface area contributed by atoms with Crippen LogP contribution in [0.2, 0.25) is 5.02 Å². The molecule has 3 nitrogen and oxygen atoms in total. The molecule has 16 heavy (non-hydrogen) atoms. The van der Waals surface area contributed by atoms with Gasteiger partial charge in [-0.15, -0.1) is 0 Å². The fourth-order valence-electron chi connectivity index (χ4n) is 2.05. The quantitative estimate of drug-likeness (QED) is 0.826. The maximum absolute atomic E-state index is 5.99. The molecule has 0 bridgehead atoms. The number of hydrogen-bond donors (Lipinski definition) is 1. The summed E-state index contributed by atoms with van der Waals surface area (Å²) < 4.78 is 5.60. The van der Waals surface area contributed by atoms with Gasteiger partial charge >= 0.3 is 0 Å². The van der Waals surface area contributed by atoms with Crippen molar-refractivity contribution in [3.63, 3.8) is 0 Å². The summed E-state index contributed by atoms with van der Waals surface area (Å²) in [4.78, 5) is 2.11. The number of nitrogens with two attached hydrogens (primary N) is 1. The molecule has 1 aliphatic heterocycles. The van der Waals surface area contributed by atoms with Gasteiger partial charge in [-0.05, 0) is 25.0 Å². The van der Waals surface area contributed by atoms with Crippen LogP contribution < -0.4 is 10.6 Å². The highest BCUT2D eigenvalue weighted by Crippen LogP contribution is 2.30. The van der Waals surface area contributed by atoms with Gasteiger partial charge in [0.15, 0.2) is 0 Å². The smallest absolute Gasteiger partial charge is 0.0750 e. The van der Waals surface area contributed by atoms with Crippen LogP contribution in [0.5, 0.6) is 0 Å². The summed E-state index contributed by atoms with van der Waals surface area (Å²) in [5.41, 5.74) is 7.56. The second-order valence-electron chi connectivity index (χ2n) is 4.19. The van der Waals surface area contributed by atoms with Gasteiger partial charge in [-0.2, -0.15) is 0 Å². The normalized spacial score (nSPS) is 20.0. The summed E-state index contributed by atoms with van der Waals surface area (Å²) in [7, 11) is 2.02. The van der Waals surface area contributed by atoms with Gasteiger partial charge in [0.2, 0.25) is 0 Å². The molecular weight excluding hydrogens is 224 g/mol. The Balaban J connectivity index is 2.07.